The molecule has 0 aliphatic carbocycles. The number of benzene rings is 1. The van der Waals surface area contributed by atoms with Gasteiger partial charge in [-0.3, -0.25) is 4.79 Å². The van der Waals surface area contributed by atoms with Crippen molar-refractivity contribution in [2.75, 3.05) is 7.05 Å². The van der Waals surface area contributed by atoms with Gasteiger partial charge in [-0.15, -0.1) is 0 Å². The normalized spacial score (nSPS) is 14.6. The number of nitrogens with one attached hydrogen (secondary N) is 1. The molecule has 0 radical (unpaired) electrons. The van der Waals surface area contributed by atoms with Crippen molar-refractivity contribution in [2.24, 2.45) is 0 Å². The van der Waals surface area contributed by atoms with E-state index >= 15 is 0 Å². The SMILES string of the molecule is CN[C@H](C(=O)Cc1ccccc1)[C@@H](C)O. The van der Waals surface area contributed by atoms with Gasteiger partial charge < -0.3 is 10.4 Å². The molecule has 3 nitrogen and oxygen atoms in total. The second-order valence-corrected chi connectivity index (χ2v) is 3.64. The maximum atomic E-state index is 11.8. The molecule has 1 rings (SSSR count). The molecule has 0 saturated carbocycles. The van der Waals surface area contributed by atoms with E-state index in [2.05, 4.69) is 5.32 Å². The highest BCUT2D eigenvalue weighted by Crippen LogP contribution is 2.04. The van der Waals surface area contributed by atoms with Gasteiger partial charge in [-0.1, -0.05) is 30.3 Å². The number of aliphatic hydroxyl groups is 1. The zero-order valence-electron chi connectivity index (χ0n) is 9.10. The van der Waals surface area contributed by atoms with E-state index in [1.807, 2.05) is 30.3 Å². The molecule has 1 aromatic rings. The number of likely N-dealkylation sites (N-methyl/N-ethyl adjacent to an activating group) is 1. The Labute approximate surface area is 90.1 Å². The number of aliphatic hydroxyl groups excluding tert-OH is 1. The summed E-state index contributed by atoms with van der Waals surface area (Å²) in [5.41, 5.74) is 0.975. The molecule has 0 heterocycles. The standard InChI is InChI=1S/C12H17NO2/c1-9(14)12(13-2)11(15)8-10-6-4-3-5-7-10/h3-7,9,12-14H,8H2,1-2H3/t9-,12+/m1/s1. The van der Waals surface area contributed by atoms with Crippen LogP contribution in [0, 0.1) is 0 Å². The van der Waals surface area contributed by atoms with Gasteiger partial charge >= 0.3 is 0 Å². The molecule has 2 N–H and O–H groups in total. The van der Waals surface area contributed by atoms with E-state index in [9.17, 15) is 9.90 Å². The number of ketones is 1. The second-order valence-electron chi connectivity index (χ2n) is 3.64. The summed E-state index contributed by atoms with van der Waals surface area (Å²) in [6, 6.07) is 9.06. The number of carbonyl (C=O) groups excluding carboxylic acids is 1. The molecule has 0 unspecified atom stereocenters. The van der Waals surface area contributed by atoms with Crippen LogP contribution in [0.5, 0.6) is 0 Å². The molecule has 0 saturated heterocycles. The van der Waals surface area contributed by atoms with Gasteiger partial charge in [-0.25, -0.2) is 0 Å². The highest BCUT2D eigenvalue weighted by molar-refractivity contribution is 5.86. The summed E-state index contributed by atoms with van der Waals surface area (Å²) in [5.74, 6) is 0.0127. The van der Waals surface area contributed by atoms with Crippen LogP contribution in [0.1, 0.15) is 12.5 Å². The fourth-order valence-electron chi connectivity index (χ4n) is 1.58. The first-order valence-electron chi connectivity index (χ1n) is 5.07. The van der Waals surface area contributed by atoms with Crippen LogP contribution < -0.4 is 5.32 Å². The molecule has 15 heavy (non-hydrogen) atoms. The van der Waals surface area contributed by atoms with Gasteiger partial charge in [-0.2, -0.15) is 0 Å². The van der Waals surface area contributed by atoms with Crippen LogP contribution in [-0.2, 0) is 11.2 Å². The Bertz CT molecular complexity index is 309. The zero-order chi connectivity index (χ0) is 11.3. The van der Waals surface area contributed by atoms with Crippen LogP contribution in [0.2, 0.25) is 0 Å². The van der Waals surface area contributed by atoms with Crippen molar-refractivity contribution in [1.29, 1.82) is 0 Å². The maximum absolute atomic E-state index is 11.8. The maximum Gasteiger partial charge on any atom is 0.156 e. The zero-order valence-corrected chi connectivity index (χ0v) is 9.10. The third kappa shape index (κ3) is 3.46. The molecule has 0 fully saturated rings. The van der Waals surface area contributed by atoms with Gasteiger partial charge in [0.05, 0.1) is 12.1 Å². The lowest BCUT2D eigenvalue weighted by Crippen LogP contribution is -2.43. The summed E-state index contributed by atoms with van der Waals surface area (Å²) < 4.78 is 0. The first kappa shape index (κ1) is 11.9. The molecule has 0 bridgehead atoms. The first-order valence-corrected chi connectivity index (χ1v) is 5.07. The van der Waals surface area contributed by atoms with Gasteiger partial charge in [0.15, 0.2) is 5.78 Å². The molecule has 1 aromatic carbocycles. The van der Waals surface area contributed by atoms with E-state index in [-0.39, 0.29) is 5.78 Å². The Balaban J connectivity index is 2.62. The summed E-state index contributed by atoms with van der Waals surface area (Å²) >= 11 is 0. The van der Waals surface area contributed by atoms with Crippen LogP contribution in [-0.4, -0.2) is 30.1 Å². The Morgan fingerprint density at radius 2 is 2.00 bits per heavy atom. The number of hydrogen-bond acceptors (Lipinski definition) is 3. The quantitative estimate of drug-likeness (QED) is 0.749. The third-order valence-corrected chi connectivity index (χ3v) is 2.36. The molecule has 0 aromatic heterocycles. The van der Waals surface area contributed by atoms with Crippen LogP contribution in [0.3, 0.4) is 0 Å². The van der Waals surface area contributed by atoms with Crippen molar-refractivity contribution in [3.8, 4) is 0 Å². The lowest BCUT2D eigenvalue weighted by molar-refractivity contribution is -0.122. The summed E-state index contributed by atoms with van der Waals surface area (Å²) in [6.45, 7) is 1.62. The van der Waals surface area contributed by atoms with E-state index < -0.39 is 12.1 Å². The lowest BCUT2D eigenvalue weighted by atomic mass is 10.0. The van der Waals surface area contributed by atoms with E-state index in [1.54, 1.807) is 14.0 Å². The minimum Gasteiger partial charge on any atom is -0.391 e. The highest BCUT2D eigenvalue weighted by Gasteiger charge is 2.21. The average molecular weight is 207 g/mol. The van der Waals surface area contributed by atoms with Gasteiger partial charge in [0.2, 0.25) is 0 Å². The topological polar surface area (TPSA) is 49.3 Å². The molecule has 0 amide bonds. The fourth-order valence-corrected chi connectivity index (χ4v) is 1.58. The number of hydrogen-bond donors (Lipinski definition) is 2. The van der Waals surface area contributed by atoms with Gasteiger partial charge in [-0.05, 0) is 19.5 Å². The first-order chi connectivity index (χ1) is 7.15. The summed E-state index contributed by atoms with van der Waals surface area (Å²) in [4.78, 5) is 11.8. The van der Waals surface area contributed by atoms with Crippen LogP contribution in [0.15, 0.2) is 30.3 Å². The molecular formula is C12H17NO2. The third-order valence-electron chi connectivity index (χ3n) is 2.36. The molecular weight excluding hydrogens is 190 g/mol. The number of carbonyl (C=O) groups is 1. The Kier molecular flexibility index (Phi) is 4.46. The smallest absolute Gasteiger partial charge is 0.156 e. The molecule has 0 aliphatic heterocycles. The van der Waals surface area contributed by atoms with Crippen molar-refractivity contribution < 1.29 is 9.90 Å². The number of rotatable bonds is 5. The van der Waals surface area contributed by atoms with Gasteiger partial charge in [0.1, 0.15) is 0 Å². The van der Waals surface area contributed by atoms with Crippen molar-refractivity contribution in [2.45, 2.75) is 25.5 Å². The predicted octanol–water partition coefficient (Wildman–Crippen LogP) is 0.767. The lowest BCUT2D eigenvalue weighted by Gasteiger charge is -2.17. The van der Waals surface area contributed by atoms with E-state index in [1.165, 1.54) is 0 Å². The van der Waals surface area contributed by atoms with Crippen molar-refractivity contribution in [3.63, 3.8) is 0 Å². The van der Waals surface area contributed by atoms with E-state index in [0.29, 0.717) is 6.42 Å². The summed E-state index contributed by atoms with van der Waals surface area (Å²) in [6.07, 6.45) is -0.303. The van der Waals surface area contributed by atoms with Crippen molar-refractivity contribution in [1.82, 2.24) is 5.32 Å². The fraction of sp³-hybridized carbons (Fsp3) is 0.417. The van der Waals surface area contributed by atoms with Crippen LogP contribution in [0.4, 0.5) is 0 Å². The molecule has 82 valence electrons. The molecule has 2 atom stereocenters. The van der Waals surface area contributed by atoms with Crippen LogP contribution in [0.25, 0.3) is 0 Å². The van der Waals surface area contributed by atoms with E-state index in [4.69, 9.17) is 0 Å². The minimum atomic E-state index is -0.661. The Morgan fingerprint density at radius 3 is 2.47 bits per heavy atom. The van der Waals surface area contributed by atoms with Crippen molar-refractivity contribution >= 4 is 5.78 Å². The monoisotopic (exact) mass is 207 g/mol. The molecule has 3 heteroatoms. The van der Waals surface area contributed by atoms with E-state index in [0.717, 1.165) is 5.56 Å². The Morgan fingerprint density at radius 1 is 1.40 bits per heavy atom. The summed E-state index contributed by atoms with van der Waals surface area (Å²) in [7, 11) is 1.68. The van der Waals surface area contributed by atoms with Crippen molar-refractivity contribution in [3.05, 3.63) is 35.9 Å². The minimum absolute atomic E-state index is 0.0127. The van der Waals surface area contributed by atoms with Crippen LogP contribution >= 0.6 is 0 Å². The predicted molar refractivity (Wildman–Crippen MR) is 59.7 cm³/mol. The highest BCUT2D eigenvalue weighted by atomic mass is 16.3. The molecule has 0 aliphatic rings. The van der Waals surface area contributed by atoms with Gasteiger partial charge in [0, 0.05) is 6.42 Å². The molecule has 0 spiro atoms. The van der Waals surface area contributed by atoms with Gasteiger partial charge in [0.25, 0.3) is 0 Å². The largest absolute Gasteiger partial charge is 0.391 e. The second kappa shape index (κ2) is 5.63. The summed E-state index contributed by atoms with van der Waals surface area (Å²) in [5, 5.41) is 12.2. The Hall–Kier alpha value is -1.19. The number of Topliss-reactive ketones (excluding diaryl/α,β-unsaturated/α-hetero) is 1. The average Bonchev–Trinajstić information content (AvgIpc) is 2.19.